The lowest BCUT2D eigenvalue weighted by Crippen LogP contribution is -1.97. The standard InChI is InChI=1S/C15H14N2/c16-10-13-12-8-4-5-9-14(12)17-15(13)11-6-2-1-3-7-11/h1-9,17H,10,16H2. The van der Waals surface area contributed by atoms with Gasteiger partial charge in [0.1, 0.15) is 0 Å². The lowest BCUT2D eigenvalue weighted by Gasteiger charge is -2.01. The summed E-state index contributed by atoms with van der Waals surface area (Å²) in [6.07, 6.45) is 0. The number of nitrogens with one attached hydrogen (secondary N) is 1. The zero-order chi connectivity index (χ0) is 11.7. The van der Waals surface area contributed by atoms with Gasteiger partial charge in [-0.3, -0.25) is 0 Å². The molecule has 0 radical (unpaired) electrons. The van der Waals surface area contributed by atoms with Gasteiger partial charge >= 0.3 is 0 Å². The summed E-state index contributed by atoms with van der Waals surface area (Å²) in [6.45, 7) is 0.550. The van der Waals surface area contributed by atoms with Crippen molar-refractivity contribution in [1.29, 1.82) is 0 Å². The summed E-state index contributed by atoms with van der Waals surface area (Å²) in [6, 6.07) is 18.6. The average molecular weight is 222 g/mol. The van der Waals surface area contributed by atoms with Crippen molar-refractivity contribution in [2.24, 2.45) is 5.73 Å². The molecule has 0 saturated carbocycles. The Labute approximate surface area is 100 Å². The van der Waals surface area contributed by atoms with E-state index >= 15 is 0 Å². The van der Waals surface area contributed by atoms with E-state index in [9.17, 15) is 0 Å². The second-order valence-electron chi connectivity index (χ2n) is 4.09. The molecule has 0 amide bonds. The van der Waals surface area contributed by atoms with Gasteiger partial charge in [-0.2, -0.15) is 0 Å². The third-order valence-electron chi connectivity index (χ3n) is 3.08. The molecule has 0 spiro atoms. The molecular formula is C15H14N2. The highest BCUT2D eigenvalue weighted by Gasteiger charge is 2.10. The number of benzene rings is 2. The van der Waals surface area contributed by atoms with Crippen molar-refractivity contribution in [3.63, 3.8) is 0 Å². The van der Waals surface area contributed by atoms with Gasteiger partial charge in [-0.25, -0.2) is 0 Å². The van der Waals surface area contributed by atoms with Gasteiger partial charge in [-0.15, -0.1) is 0 Å². The molecular weight excluding hydrogens is 208 g/mol. The fourth-order valence-electron chi connectivity index (χ4n) is 2.26. The number of aromatic amines is 1. The van der Waals surface area contributed by atoms with Gasteiger partial charge in [0, 0.05) is 17.4 Å². The van der Waals surface area contributed by atoms with Crippen molar-refractivity contribution in [1.82, 2.24) is 4.98 Å². The number of rotatable bonds is 2. The SMILES string of the molecule is NCc1c(-c2ccccc2)[nH]c2ccccc12. The first-order valence-corrected chi connectivity index (χ1v) is 5.75. The summed E-state index contributed by atoms with van der Waals surface area (Å²) in [5.41, 5.74) is 10.5. The molecule has 0 aliphatic heterocycles. The number of hydrogen-bond acceptors (Lipinski definition) is 1. The van der Waals surface area contributed by atoms with Gasteiger partial charge in [-0.05, 0) is 17.2 Å². The third-order valence-corrected chi connectivity index (χ3v) is 3.08. The van der Waals surface area contributed by atoms with E-state index in [1.807, 2.05) is 30.3 Å². The predicted octanol–water partition coefficient (Wildman–Crippen LogP) is 3.29. The first-order valence-electron chi connectivity index (χ1n) is 5.75. The van der Waals surface area contributed by atoms with Crippen LogP contribution in [0.5, 0.6) is 0 Å². The van der Waals surface area contributed by atoms with Crippen LogP contribution in [-0.2, 0) is 6.54 Å². The van der Waals surface area contributed by atoms with Crippen LogP contribution in [0.1, 0.15) is 5.56 Å². The van der Waals surface area contributed by atoms with Gasteiger partial charge in [0.05, 0.1) is 5.69 Å². The van der Waals surface area contributed by atoms with Crippen LogP contribution in [0.2, 0.25) is 0 Å². The lowest BCUT2D eigenvalue weighted by molar-refractivity contribution is 1.09. The number of aromatic nitrogens is 1. The molecule has 3 N–H and O–H groups in total. The van der Waals surface area contributed by atoms with E-state index in [1.54, 1.807) is 0 Å². The van der Waals surface area contributed by atoms with Crippen molar-refractivity contribution < 1.29 is 0 Å². The molecule has 2 heteroatoms. The molecule has 0 fully saturated rings. The van der Waals surface area contributed by atoms with Gasteiger partial charge < -0.3 is 10.7 Å². The van der Waals surface area contributed by atoms with E-state index in [2.05, 4.69) is 29.2 Å². The molecule has 2 nitrogen and oxygen atoms in total. The van der Waals surface area contributed by atoms with Crippen molar-refractivity contribution in [2.45, 2.75) is 6.54 Å². The monoisotopic (exact) mass is 222 g/mol. The normalized spacial score (nSPS) is 10.9. The number of hydrogen-bond donors (Lipinski definition) is 2. The van der Waals surface area contributed by atoms with E-state index in [0.717, 1.165) is 11.2 Å². The Morgan fingerprint density at radius 3 is 2.35 bits per heavy atom. The van der Waals surface area contributed by atoms with E-state index in [1.165, 1.54) is 16.5 Å². The zero-order valence-electron chi connectivity index (χ0n) is 9.48. The zero-order valence-corrected chi connectivity index (χ0v) is 9.48. The summed E-state index contributed by atoms with van der Waals surface area (Å²) in [4.78, 5) is 3.45. The Kier molecular flexibility index (Phi) is 2.42. The summed E-state index contributed by atoms with van der Waals surface area (Å²) < 4.78 is 0. The van der Waals surface area contributed by atoms with E-state index < -0.39 is 0 Å². The summed E-state index contributed by atoms with van der Waals surface area (Å²) >= 11 is 0. The van der Waals surface area contributed by atoms with Gasteiger partial charge in [-0.1, -0.05) is 48.5 Å². The quantitative estimate of drug-likeness (QED) is 0.686. The maximum absolute atomic E-state index is 5.88. The topological polar surface area (TPSA) is 41.8 Å². The van der Waals surface area contributed by atoms with E-state index in [0.29, 0.717) is 6.54 Å². The van der Waals surface area contributed by atoms with Gasteiger partial charge in [0.15, 0.2) is 0 Å². The van der Waals surface area contributed by atoms with Crippen LogP contribution in [0.4, 0.5) is 0 Å². The molecule has 1 aromatic heterocycles. The molecule has 0 aliphatic rings. The predicted molar refractivity (Wildman–Crippen MR) is 71.6 cm³/mol. The first-order chi connectivity index (χ1) is 8.40. The van der Waals surface area contributed by atoms with Crippen LogP contribution in [-0.4, -0.2) is 4.98 Å². The molecule has 0 aliphatic carbocycles. The third kappa shape index (κ3) is 1.63. The molecule has 2 aromatic carbocycles. The molecule has 17 heavy (non-hydrogen) atoms. The van der Waals surface area contributed by atoms with E-state index in [4.69, 9.17) is 5.73 Å². The summed E-state index contributed by atoms with van der Waals surface area (Å²) in [7, 11) is 0. The Morgan fingerprint density at radius 1 is 0.882 bits per heavy atom. The minimum absolute atomic E-state index is 0.550. The average Bonchev–Trinajstić information content (AvgIpc) is 2.78. The highest BCUT2D eigenvalue weighted by Crippen LogP contribution is 2.29. The van der Waals surface area contributed by atoms with E-state index in [-0.39, 0.29) is 0 Å². The molecule has 0 bridgehead atoms. The van der Waals surface area contributed by atoms with Crippen molar-refractivity contribution in [3.05, 3.63) is 60.2 Å². The molecule has 3 rings (SSSR count). The minimum Gasteiger partial charge on any atom is -0.354 e. The first kappa shape index (κ1) is 10.1. The molecule has 1 heterocycles. The van der Waals surface area contributed by atoms with Crippen molar-refractivity contribution in [2.75, 3.05) is 0 Å². The lowest BCUT2D eigenvalue weighted by atomic mass is 10.1. The number of fused-ring (bicyclic) bond motifs is 1. The molecule has 0 unspecified atom stereocenters. The highest BCUT2D eigenvalue weighted by atomic mass is 14.7. The largest absolute Gasteiger partial charge is 0.354 e. The van der Waals surface area contributed by atoms with Crippen molar-refractivity contribution >= 4 is 10.9 Å². The Balaban J connectivity index is 2.30. The van der Waals surface area contributed by atoms with Crippen LogP contribution in [0, 0.1) is 0 Å². The smallest absolute Gasteiger partial charge is 0.0510 e. The maximum Gasteiger partial charge on any atom is 0.0510 e. The Bertz CT molecular complexity index is 638. The molecule has 84 valence electrons. The Morgan fingerprint density at radius 2 is 1.59 bits per heavy atom. The fourth-order valence-corrected chi connectivity index (χ4v) is 2.26. The van der Waals surface area contributed by atoms with Crippen LogP contribution >= 0.6 is 0 Å². The highest BCUT2D eigenvalue weighted by molar-refractivity contribution is 5.90. The molecule has 3 aromatic rings. The van der Waals surface area contributed by atoms with Crippen molar-refractivity contribution in [3.8, 4) is 11.3 Å². The van der Waals surface area contributed by atoms with Crippen LogP contribution in [0.3, 0.4) is 0 Å². The van der Waals surface area contributed by atoms with Crippen LogP contribution in [0.25, 0.3) is 22.2 Å². The second kappa shape index (κ2) is 4.07. The molecule has 0 saturated heterocycles. The molecule has 0 atom stereocenters. The maximum atomic E-state index is 5.88. The second-order valence-corrected chi connectivity index (χ2v) is 4.09. The van der Waals surface area contributed by atoms with Gasteiger partial charge in [0.2, 0.25) is 0 Å². The number of para-hydroxylation sites is 1. The van der Waals surface area contributed by atoms with Gasteiger partial charge in [0.25, 0.3) is 0 Å². The minimum atomic E-state index is 0.550. The number of nitrogens with two attached hydrogens (primary N) is 1. The summed E-state index contributed by atoms with van der Waals surface area (Å²) in [5, 5.41) is 1.22. The Hall–Kier alpha value is -2.06. The fraction of sp³-hybridized carbons (Fsp3) is 0.0667. The van der Waals surface area contributed by atoms with Crippen LogP contribution in [0.15, 0.2) is 54.6 Å². The summed E-state index contributed by atoms with van der Waals surface area (Å²) in [5.74, 6) is 0. The van der Waals surface area contributed by atoms with Crippen LogP contribution < -0.4 is 5.73 Å². The number of H-pyrrole nitrogens is 1.